The summed E-state index contributed by atoms with van der Waals surface area (Å²) in [5.74, 6) is 0.897. The van der Waals surface area contributed by atoms with Crippen LogP contribution in [0.5, 0.6) is 5.75 Å². The number of fused-ring (bicyclic) bond motifs is 3. The van der Waals surface area contributed by atoms with Crippen LogP contribution in [0.15, 0.2) is 42.6 Å². The monoisotopic (exact) mass is 366 g/mol. The summed E-state index contributed by atoms with van der Waals surface area (Å²) in [5, 5.41) is 1.14. The van der Waals surface area contributed by atoms with E-state index in [1.165, 1.54) is 11.1 Å². The second-order valence-corrected chi connectivity index (χ2v) is 7.99. The topological polar surface area (TPSA) is 41.5 Å². The maximum atomic E-state index is 5.75. The maximum absolute atomic E-state index is 5.75. The number of likely N-dealkylation sites (tertiary alicyclic amines) is 1. The predicted molar refractivity (Wildman–Crippen MR) is 105 cm³/mol. The predicted octanol–water partition coefficient (Wildman–Crippen LogP) is 3.55. The van der Waals surface area contributed by atoms with E-state index in [1.807, 2.05) is 25.3 Å². The Morgan fingerprint density at radius 1 is 1.15 bits per heavy atom. The molecule has 0 spiro atoms. The molecule has 2 atom stereocenters. The van der Waals surface area contributed by atoms with Crippen molar-refractivity contribution in [3.05, 3.63) is 48.3 Å². The molecule has 0 amide bonds. The molecule has 134 valence electrons. The number of hydrogen-bond acceptors (Lipinski definition) is 6. The van der Waals surface area contributed by atoms with E-state index in [0.717, 1.165) is 41.7 Å². The Morgan fingerprint density at radius 2 is 2.12 bits per heavy atom. The summed E-state index contributed by atoms with van der Waals surface area (Å²) in [5.41, 5.74) is 2.16. The smallest absolute Gasteiger partial charge is 0.186 e. The van der Waals surface area contributed by atoms with Crippen molar-refractivity contribution in [2.45, 2.75) is 32.0 Å². The molecule has 2 aliphatic rings. The first kappa shape index (κ1) is 16.0. The van der Waals surface area contributed by atoms with Crippen molar-refractivity contribution in [3.63, 3.8) is 0 Å². The van der Waals surface area contributed by atoms with Gasteiger partial charge in [-0.3, -0.25) is 9.88 Å². The van der Waals surface area contributed by atoms with Crippen LogP contribution in [0.2, 0.25) is 0 Å². The molecule has 1 aromatic carbocycles. The number of ether oxygens (including phenoxy) is 1. The number of piperazine rings is 1. The molecule has 5 rings (SSSR count). The lowest BCUT2D eigenvalue weighted by molar-refractivity contribution is 0.228. The molecule has 0 saturated carbocycles. The van der Waals surface area contributed by atoms with Crippen molar-refractivity contribution in [2.24, 2.45) is 0 Å². The summed E-state index contributed by atoms with van der Waals surface area (Å²) in [6.07, 6.45) is 3.11. The van der Waals surface area contributed by atoms with E-state index in [1.54, 1.807) is 11.3 Å². The number of anilines is 1. The number of thiazole rings is 1. The van der Waals surface area contributed by atoms with Crippen molar-refractivity contribution >= 4 is 26.7 Å². The van der Waals surface area contributed by atoms with Gasteiger partial charge in [-0.15, -0.1) is 0 Å². The third-order valence-corrected chi connectivity index (χ3v) is 6.42. The van der Waals surface area contributed by atoms with Crippen LogP contribution < -0.4 is 9.64 Å². The zero-order valence-electron chi connectivity index (χ0n) is 14.8. The molecule has 2 unspecified atom stereocenters. The maximum Gasteiger partial charge on any atom is 0.186 e. The van der Waals surface area contributed by atoms with E-state index in [4.69, 9.17) is 9.72 Å². The summed E-state index contributed by atoms with van der Waals surface area (Å²) < 4.78 is 6.96. The van der Waals surface area contributed by atoms with Gasteiger partial charge in [0.2, 0.25) is 0 Å². The van der Waals surface area contributed by atoms with Gasteiger partial charge in [-0.25, -0.2) is 4.98 Å². The minimum Gasteiger partial charge on any atom is -0.492 e. The molecule has 0 radical (unpaired) electrons. The fourth-order valence-electron chi connectivity index (χ4n) is 4.18. The number of nitrogens with zero attached hydrogens (tertiary/aromatic N) is 4. The summed E-state index contributed by atoms with van der Waals surface area (Å²) in [7, 11) is 0. The lowest BCUT2D eigenvalue weighted by Crippen LogP contribution is -2.46. The Kier molecular flexibility index (Phi) is 4.02. The summed E-state index contributed by atoms with van der Waals surface area (Å²) >= 11 is 1.78. The zero-order valence-corrected chi connectivity index (χ0v) is 15.7. The van der Waals surface area contributed by atoms with Crippen molar-refractivity contribution in [1.29, 1.82) is 0 Å². The van der Waals surface area contributed by atoms with E-state index in [2.05, 4.69) is 39.0 Å². The van der Waals surface area contributed by atoms with E-state index >= 15 is 0 Å². The highest BCUT2D eigenvalue weighted by Crippen LogP contribution is 2.40. The average molecular weight is 366 g/mol. The minimum absolute atomic E-state index is 0.555. The third kappa shape index (κ3) is 2.73. The number of benzene rings is 1. The fourth-order valence-corrected chi connectivity index (χ4v) is 5.25. The van der Waals surface area contributed by atoms with Crippen LogP contribution in [-0.4, -0.2) is 46.6 Å². The first-order valence-corrected chi connectivity index (χ1v) is 10.1. The molecule has 3 aromatic rings. The van der Waals surface area contributed by atoms with Gasteiger partial charge in [0.1, 0.15) is 11.3 Å². The van der Waals surface area contributed by atoms with Gasteiger partial charge < -0.3 is 9.64 Å². The molecule has 5 nitrogen and oxygen atoms in total. The van der Waals surface area contributed by atoms with Crippen LogP contribution in [0, 0.1) is 0 Å². The van der Waals surface area contributed by atoms with Crippen LogP contribution in [0.3, 0.4) is 0 Å². The molecule has 26 heavy (non-hydrogen) atoms. The van der Waals surface area contributed by atoms with Gasteiger partial charge >= 0.3 is 0 Å². The second kappa shape index (κ2) is 6.52. The van der Waals surface area contributed by atoms with Gasteiger partial charge in [0.25, 0.3) is 0 Å². The molecule has 2 bridgehead atoms. The van der Waals surface area contributed by atoms with Crippen molar-refractivity contribution in [2.75, 3.05) is 24.6 Å². The van der Waals surface area contributed by atoms with Crippen molar-refractivity contribution in [1.82, 2.24) is 14.9 Å². The van der Waals surface area contributed by atoms with Crippen molar-refractivity contribution < 1.29 is 4.74 Å². The molecule has 2 aliphatic heterocycles. The molecular formula is C20H22N4OS. The van der Waals surface area contributed by atoms with Gasteiger partial charge in [-0.1, -0.05) is 23.5 Å². The summed E-state index contributed by atoms with van der Waals surface area (Å²) in [4.78, 5) is 14.5. The van der Waals surface area contributed by atoms with Gasteiger partial charge in [0.05, 0.1) is 17.0 Å². The second-order valence-electron chi connectivity index (χ2n) is 6.98. The molecule has 0 aliphatic carbocycles. The molecule has 4 heterocycles. The number of hydrogen-bond donors (Lipinski definition) is 0. The first-order chi connectivity index (χ1) is 12.8. The van der Waals surface area contributed by atoms with E-state index in [-0.39, 0.29) is 0 Å². The molecule has 6 heteroatoms. The standard InChI is InChI=1S/C20H22N4OS/c1-2-25-17-7-5-8-18-19(17)22-20(26-18)24-13-15-10-16(24)12-23(15)11-14-6-3-4-9-21-14/h3-9,15-16H,2,10-13H2,1H3. The zero-order chi connectivity index (χ0) is 17.5. The van der Waals surface area contributed by atoms with Gasteiger partial charge in [-0.05, 0) is 37.6 Å². The summed E-state index contributed by atoms with van der Waals surface area (Å²) in [6.45, 7) is 5.78. The lowest BCUT2D eigenvalue weighted by atomic mass is 10.2. The number of para-hydroxylation sites is 1. The number of rotatable bonds is 5. The van der Waals surface area contributed by atoms with Gasteiger partial charge in [0, 0.05) is 37.9 Å². The Hall–Kier alpha value is -2.18. The molecule has 2 aromatic heterocycles. The number of pyridine rings is 1. The van der Waals surface area contributed by atoms with Crippen LogP contribution in [0.4, 0.5) is 5.13 Å². The minimum atomic E-state index is 0.555. The Morgan fingerprint density at radius 3 is 2.88 bits per heavy atom. The van der Waals surface area contributed by atoms with Crippen LogP contribution in [0.1, 0.15) is 19.0 Å². The largest absolute Gasteiger partial charge is 0.492 e. The highest BCUT2D eigenvalue weighted by molar-refractivity contribution is 7.22. The third-order valence-electron chi connectivity index (χ3n) is 5.36. The quantitative estimate of drug-likeness (QED) is 0.691. The Bertz CT molecular complexity index is 913. The fraction of sp³-hybridized carbons (Fsp3) is 0.400. The van der Waals surface area contributed by atoms with Gasteiger partial charge in [0.15, 0.2) is 5.13 Å². The molecule has 2 fully saturated rings. The number of aromatic nitrogens is 2. The van der Waals surface area contributed by atoms with Crippen LogP contribution in [-0.2, 0) is 6.54 Å². The normalized spacial score (nSPS) is 22.4. The average Bonchev–Trinajstić information content (AvgIpc) is 3.36. The molecular weight excluding hydrogens is 344 g/mol. The Labute approximate surface area is 157 Å². The lowest BCUT2D eigenvalue weighted by Gasteiger charge is -2.33. The van der Waals surface area contributed by atoms with Gasteiger partial charge in [-0.2, -0.15) is 0 Å². The molecule has 2 saturated heterocycles. The highest BCUT2D eigenvalue weighted by atomic mass is 32.1. The van der Waals surface area contributed by atoms with E-state index in [0.29, 0.717) is 18.7 Å². The van der Waals surface area contributed by atoms with E-state index in [9.17, 15) is 0 Å². The Balaban J connectivity index is 1.34. The van der Waals surface area contributed by atoms with Crippen LogP contribution in [0.25, 0.3) is 10.2 Å². The molecule has 0 N–H and O–H groups in total. The highest BCUT2D eigenvalue weighted by Gasteiger charge is 2.44. The summed E-state index contributed by atoms with van der Waals surface area (Å²) in [6, 6.07) is 13.5. The van der Waals surface area contributed by atoms with Crippen molar-refractivity contribution in [3.8, 4) is 5.75 Å². The van der Waals surface area contributed by atoms with Crippen LogP contribution >= 0.6 is 11.3 Å². The van der Waals surface area contributed by atoms with E-state index < -0.39 is 0 Å². The first-order valence-electron chi connectivity index (χ1n) is 9.25. The SMILES string of the molecule is CCOc1cccc2sc(N3CC4CC3CN4Cc3ccccn3)nc12.